The van der Waals surface area contributed by atoms with Crippen molar-refractivity contribution in [2.24, 2.45) is 5.92 Å². The maximum Gasteiger partial charge on any atom is 0.253 e. The Bertz CT molecular complexity index is 782. The smallest absolute Gasteiger partial charge is 0.253 e. The van der Waals surface area contributed by atoms with Crippen LogP contribution in [0.5, 0.6) is 0 Å². The van der Waals surface area contributed by atoms with Crippen LogP contribution >= 0.6 is 0 Å². The SMILES string of the molecule is COCCCN/C1=C(C(C)=N)/C(C)=C\C(CN(C(=O)[C@H]2CNCCO2)C2CC2)C#CC1. The molecule has 0 radical (unpaired) electrons. The highest BCUT2D eigenvalue weighted by atomic mass is 16.5. The van der Waals surface area contributed by atoms with E-state index in [1.54, 1.807) is 7.11 Å². The highest BCUT2D eigenvalue weighted by molar-refractivity contribution is 6.00. The summed E-state index contributed by atoms with van der Waals surface area (Å²) in [5.41, 5.74) is 3.50. The third kappa shape index (κ3) is 6.67. The van der Waals surface area contributed by atoms with E-state index in [0.29, 0.717) is 44.5 Å². The summed E-state index contributed by atoms with van der Waals surface area (Å²) >= 11 is 0. The molecule has 3 aliphatic rings. The fourth-order valence-electron chi connectivity index (χ4n) is 4.18. The largest absolute Gasteiger partial charge is 0.387 e. The Morgan fingerprint density at radius 2 is 2.26 bits per heavy atom. The van der Waals surface area contributed by atoms with Gasteiger partial charge in [0.15, 0.2) is 0 Å². The average molecular weight is 429 g/mol. The number of nitrogens with one attached hydrogen (secondary N) is 3. The van der Waals surface area contributed by atoms with Crippen molar-refractivity contribution in [1.29, 1.82) is 5.41 Å². The van der Waals surface area contributed by atoms with Gasteiger partial charge in [-0.15, -0.1) is 0 Å². The molecule has 0 aromatic heterocycles. The van der Waals surface area contributed by atoms with Crippen molar-refractivity contribution in [3.8, 4) is 11.8 Å². The number of ether oxygens (including phenoxy) is 2. The molecule has 1 amide bonds. The van der Waals surface area contributed by atoms with Crippen LogP contribution in [0.3, 0.4) is 0 Å². The Morgan fingerprint density at radius 1 is 1.45 bits per heavy atom. The minimum Gasteiger partial charge on any atom is -0.387 e. The summed E-state index contributed by atoms with van der Waals surface area (Å²) in [5, 5.41) is 15.0. The highest BCUT2D eigenvalue weighted by Gasteiger charge is 2.37. The topological polar surface area (TPSA) is 86.7 Å². The molecular formula is C24H36N4O3. The summed E-state index contributed by atoms with van der Waals surface area (Å²) in [4.78, 5) is 15.1. The monoisotopic (exact) mass is 428 g/mol. The molecule has 7 nitrogen and oxygen atoms in total. The maximum atomic E-state index is 13.1. The number of allylic oxidation sites excluding steroid dienone is 3. The van der Waals surface area contributed by atoms with Crippen LogP contribution in [0.4, 0.5) is 0 Å². The first-order valence-electron chi connectivity index (χ1n) is 11.3. The zero-order valence-electron chi connectivity index (χ0n) is 19.1. The van der Waals surface area contributed by atoms with Crippen LogP contribution in [-0.2, 0) is 14.3 Å². The summed E-state index contributed by atoms with van der Waals surface area (Å²) in [5.74, 6) is 6.68. The van der Waals surface area contributed by atoms with Crippen molar-refractivity contribution in [2.75, 3.05) is 46.5 Å². The second-order valence-electron chi connectivity index (χ2n) is 8.49. The molecule has 2 atom stereocenters. The first-order valence-corrected chi connectivity index (χ1v) is 11.3. The van der Waals surface area contributed by atoms with Crippen LogP contribution in [0.2, 0.25) is 0 Å². The van der Waals surface area contributed by atoms with Crippen LogP contribution in [0.1, 0.15) is 39.5 Å². The molecule has 1 unspecified atom stereocenters. The third-order valence-corrected chi connectivity index (χ3v) is 5.81. The normalized spacial score (nSPS) is 27.8. The van der Waals surface area contributed by atoms with Gasteiger partial charge in [0.25, 0.3) is 5.91 Å². The van der Waals surface area contributed by atoms with Crippen molar-refractivity contribution in [3.05, 3.63) is 22.9 Å². The van der Waals surface area contributed by atoms with Gasteiger partial charge in [0, 0.05) is 69.3 Å². The number of nitrogens with zero attached hydrogens (tertiary/aromatic N) is 1. The zero-order valence-corrected chi connectivity index (χ0v) is 19.1. The van der Waals surface area contributed by atoms with Crippen LogP contribution in [0.15, 0.2) is 22.9 Å². The van der Waals surface area contributed by atoms with E-state index in [-0.39, 0.29) is 11.8 Å². The van der Waals surface area contributed by atoms with Gasteiger partial charge in [-0.2, -0.15) is 0 Å². The van der Waals surface area contributed by atoms with Crippen molar-refractivity contribution >= 4 is 11.6 Å². The minimum atomic E-state index is -0.400. The Hall–Kier alpha value is -2.14. The van der Waals surface area contributed by atoms with Crippen molar-refractivity contribution in [3.63, 3.8) is 0 Å². The standard InChI is InChI=1S/C24H36N4O3/c1-17-14-19(6-4-7-21(23(17)18(2)25)27-10-5-12-30-3)16-28(20-8-9-20)24(29)22-15-26-11-13-31-22/h14,19-20,22,25-27H,5,7-13,15-16H2,1-3H3/b17-14-,23-21-,25-18?/t19?,22-/m1/s1. The summed E-state index contributed by atoms with van der Waals surface area (Å²) in [7, 11) is 1.70. The molecule has 1 saturated carbocycles. The van der Waals surface area contributed by atoms with E-state index in [4.69, 9.17) is 14.9 Å². The predicted molar refractivity (Wildman–Crippen MR) is 122 cm³/mol. The molecule has 0 spiro atoms. The van der Waals surface area contributed by atoms with Gasteiger partial charge in [0.05, 0.1) is 12.5 Å². The molecule has 3 rings (SSSR count). The number of hydrogen-bond acceptors (Lipinski definition) is 6. The molecule has 2 aliphatic carbocycles. The molecular weight excluding hydrogens is 392 g/mol. The molecule has 1 heterocycles. The van der Waals surface area contributed by atoms with Gasteiger partial charge in [-0.3, -0.25) is 4.79 Å². The van der Waals surface area contributed by atoms with Gasteiger partial charge in [-0.25, -0.2) is 0 Å². The number of amides is 1. The molecule has 0 bridgehead atoms. The fourth-order valence-corrected chi connectivity index (χ4v) is 4.18. The quantitative estimate of drug-likeness (QED) is 0.281. The number of methoxy groups -OCH3 is 1. The van der Waals surface area contributed by atoms with E-state index in [1.807, 2.05) is 18.7 Å². The summed E-state index contributed by atoms with van der Waals surface area (Å²) in [6.45, 7) is 7.88. The van der Waals surface area contributed by atoms with Gasteiger partial charge < -0.3 is 30.4 Å². The second kappa shape index (κ2) is 11.5. The lowest BCUT2D eigenvalue weighted by molar-refractivity contribution is -0.146. The molecule has 2 fully saturated rings. The predicted octanol–water partition coefficient (Wildman–Crippen LogP) is 1.86. The minimum absolute atomic E-state index is 0.0505. The number of carbonyl (C=O) groups excluding carboxylic acids is 1. The van der Waals surface area contributed by atoms with Crippen molar-refractivity contribution < 1.29 is 14.3 Å². The lowest BCUT2D eigenvalue weighted by Gasteiger charge is -2.31. The number of morpholine rings is 1. The van der Waals surface area contributed by atoms with Crippen molar-refractivity contribution in [1.82, 2.24) is 15.5 Å². The molecule has 170 valence electrons. The molecule has 3 N–H and O–H groups in total. The number of carbonyl (C=O) groups is 1. The van der Waals surface area contributed by atoms with Crippen LogP contribution in [0.25, 0.3) is 0 Å². The molecule has 31 heavy (non-hydrogen) atoms. The van der Waals surface area contributed by atoms with Gasteiger partial charge in [0.2, 0.25) is 0 Å². The van der Waals surface area contributed by atoms with Crippen LogP contribution in [0, 0.1) is 23.2 Å². The molecule has 1 saturated heterocycles. The summed E-state index contributed by atoms with van der Waals surface area (Å²) in [6, 6.07) is 0.302. The zero-order chi connectivity index (χ0) is 22.2. The van der Waals surface area contributed by atoms with Crippen LogP contribution < -0.4 is 10.6 Å². The average Bonchev–Trinajstić information content (AvgIpc) is 3.58. The van der Waals surface area contributed by atoms with E-state index in [9.17, 15) is 4.79 Å². The molecule has 1 aliphatic heterocycles. The molecule has 7 heteroatoms. The number of hydrogen-bond donors (Lipinski definition) is 3. The Kier molecular flexibility index (Phi) is 8.70. The first-order chi connectivity index (χ1) is 15.0. The number of rotatable bonds is 10. The van der Waals surface area contributed by atoms with Crippen molar-refractivity contribution in [2.45, 2.75) is 51.7 Å². The van der Waals surface area contributed by atoms with Crippen LogP contribution in [-0.4, -0.2) is 75.2 Å². The summed E-state index contributed by atoms with van der Waals surface area (Å²) in [6.07, 6.45) is 5.30. The van der Waals surface area contributed by atoms with Gasteiger partial charge in [-0.1, -0.05) is 17.9 Å². The van der Waals surface area contributed by atoms with E-state index >= 15 is 0 Å². The first kappa shape index (κ1) is 23.5. The third-order valence-electron chi connectivity index (χ3n) is 5.81. The molecule has 0 aromatic rings. The van der Waals surface area contributed by atoms with Gasteiger partial charge >= 0.3 is 0 Å². The lowest BCUT2D eigenvalue weighted by Crippen LogP contribution is -2.51. The Balaban J connectivity index is 1.74. The molecule has 0 aromatic carbocycles. The van der Waals surface area contributed by atoms with E-state index in [2.05, 4.69) is 28.6 Å². The summed E-state index contributed by atoms with van der Waals surface area (Å²) < 4.78 is 10.8. The van der Waals surface area contributed by atoms with E-state index in [1.165, 1.54) is 0 Å². The fraction of sp³-hybridized carbons (Fsp3) is 0.667. The highest BCUT2D eigenvalue weighted by Crippen LogP contribution is 2.30. The Morgan fingerprint density at radius 3 is 2.90 bits per heavy atom. The van der Waals surface area contributed by atoms with E-state index in [0.717, 1.165) is 49.2 Å². The second-order valence-corrected chi connectivity index (χ2v) is 8.49. The van der Waals surface area contributed by atoms with E-state index < -0.39 is 6.10 Å². The van der Waals surface area contributed by atoms with Gasteiger partial charge in [0.1, 0.15) is 6.10 Å². The van der Waals surface area contributed by atoms with Gasteiger partial charge in [-0.05, 0) is 38.7 Å². The maximum absolute atomic E-state index is 13.1. The Labute approximate surface area is 186 Å². The lowest BCUT2D eigenvalue weighted by atomic mass is 9.93.